The van der Waals surface area contributed by atoms with Gasteiger partial charge >= 0.3 is 0 Å². The maximum absolute atomic E-state index is 5.72. The molecule has 0 radical (unpaired) electrons. The summed E-state index contributed by atoms with van der Waals surface area (Å²) in [6.45, 7) is 4.00. The first-order chi connectivity index (χ1) is 7.86. The zero-order valence-corrected chi connectivity index (χ0v) is 9.49. The van der Waals surface area contributed by atoms with Gasteiger partial charge in [0.15, 0.2) is 11.5 Å². The van der Waals surface area contributed by atoms with Crippen LogP contribution in [0.1, 0.15) is 37.1 Å². The van der Waals surface area contributed by atoms with Crippen molar-refractivity contribution in [3.63, 3.8) is 0 Å². The molecule has 0 spiro atoms. The molecule has 1 aromatic heterocycles. The van der Waals surface area contributed by atoms with Crippen LogP contribution in [0.25, 0.3) is 11.1 Å². The van der Waals surface area contributed by atoms with Gasteiger partial charge in [-0.25, -0.2) is 4.98 Å². The Morgan fingerprint density at radius 2 is 2.31 bits per heavy atom. The van der Waals surface area contributed by atoms with Crippen LogP contribution in [0, 0.1) is 0 Å². The predicted octanol–water partition coefficient (Wildman–Crippen LogP) is 2.81. The summed E-state index contributed by atoms with van der Waals surface area (Å²) in [5, 5.41) is 3.31. The lowest BCUT2D eigenvalue weighted by atomic mass is 10.2. The Balaban J connectivity index is 1.90. The van der Waals surface area contributed by atoms with Crippen LogP contribution >= 0.6 is 0 Å². The Bertz CT molecular complexity index is 500. The largest absolute Gasteiger partial charge is 0.440 e. The summed E-state index contributed by atoms with van der Waals surface area (Å²) in [7, 11) is 0. The number of aromatic nitrogens is 1. The zero-order chi connectivity index (χ0) is 11.0. The van der Waals surface area contributed by atoms with Crippen LogP contribution in [0.2, 0.25) is 0 Å². The second-order valence-corrected chi connectivity index (χ2v) is 4.41. The average molecular weight is 216 g/mol. The van der Waals surface area contributed by atoms with E-state index < -0.39 is 0 Å². The first-order valence-corrected chi connectivity index (χ1v) is 5.97. The summed E-state index contributed by atoms with van der Waals surface area (Å²) in [6, 6.07) is 6.25. The Morgan fingerprint density at radius 3 is 3.06 bits per heavy atom. The first-order valence-electron chi connectivity index (χ1n) is 5.97. The molecule has 16 heavy (non-hydrogen) atoms. The second-order valence-electron chi connectivity index (χ2n) is 4.41. The first kappa shape index (κ1) is 9.85. The van der Waals surface area contributed by atoms with Gasteiger partial charge in [0.1, 0.15) is 5.52 Å². The molecule has 1 aliphatic rings. The van der Waals surface area contributed by atoms with Gasteiger partial charge in [-0.2, -0.15) is 0 Å². The highest BCUT2D eigenvalue weighted by Crippen LogP contribution is 2.40. The summed E-state index contributed by atoms with van der Waals surface area (Å²) in [4.78, 5) is 4.55. The van der Waals surface area contributed by atoms with Gasteiger partial charge in [0.2, 0.25) is 0 Å². The second kappa shape index (κ2) is 3.91. The number of hydrogen-bond acceptors (Lipinski definition) is 3. The van der Waals surface area contributed by atoms with E-state index in [-0.39, 0.29) is 0 Å². The minimum atomic E-state index is 0.588. The van der Waals surface area contributed by atoms with Crippen molar-refractivity contribution in [3.8, 4) is 0 Å². The summed E-state index contributed by atoms with van der Waals surface area (Å²) in [6.07, 6.45) is 2.47. The number of hydrogen-bond donors (Lipinski definition) is 1. The lowest BCUT2D eigenvalue weighted by Gasteiger charge is -2.00. The van der Waals surface area contributed by atoms with Gasteiger partial charge in [0, 0.05) is 12.5 Å². The van der Waals surface area contributed by atoms with Crippen LogP contribution in [0.15, 0.2) is 22.6 Å². The van der Waals surface area contributed by atoms with Crippen LogP contribution in [0.3, 0.4) is 0 Å². The summed E-state index contributed by atoms with van der Waals surface area (Å²) >= 11 is 0. The quantitative estimate of drug-likeness (QED) is 0.854. The molecule has 0 unspecified atom stereocenters. The van der Waals surface area contributed by atoms with Gasteiger partial charge in [-0.3, -0.25) is 0 Å². The molecule has 0 saturated heterocycles. The van der Waals surface area contributed by atoms with E-state index in [1.807, 2.05) is 6.07 Å². The molecule has 0 aliphatic heterocycles. The highest BCUT2D eigenvalue weighted by atomic mass is 16.3. The van der Waals surface area contributed by atoms with Crippen molar-refractivity contribution in [1.29, 1.82) is 0 Å². The molecule has 1 saturated carbocycles. The molecule has 0 bridgehead atoms. The van der Waals surface area contributed by atoms with Crippen molar-refractivity contribution in [2.24, 2.45) is 0 Å². The number of nitrogens with one attached hydrogen (secondary N) is 1. The van der Waals surface area contributed by atoms with Crippen LogP contribution in [-0.4, -0.2) is 11.5 Å². The molecule has 1 aliphatic carbocycles. The molecular weight excluding hydrogens is 200 g/mol. The third kappa shape index (κ3) is 1.83. The van der Waals surface area contributed by atoms with E-state index >= 15 is 0 Å². The van der Waals surface area contributed by atoms with Crippen molar-refractivity contribution in [2.45, 2.75) is 32.2 Å². The van der Waals surface area contributed by atoms with Crippen LogP contribution in [0.4, 0.5) is 0 Å². The number of rotatable bonds is 4. The van der Waals surface area contributed by atoms with Crippen LogP contribution in [0.5, 0.6) is 0 Å². The monoisotopic (exact) mass is 216 g/mol. The summed E-state index contributed by atoms with van der Waals surface area (Å²) < 4.78 is 5.72. The van der Waals surface area contributed by atoms with Gasteiger partial charge in [-0.15, -0.1) is 0 Å². The Kier molecular flexibility index (Phi) is 2.40. The SMILES string of the molecule is CCNCc1ccc2oc(C3CC3)nc2c1. The molecule has 3 rings (SSSR count). The third-order valence-corrected chi connectivity index (χ3v) is 2.97. The molecular formula is C13H16N2O. The van der Waals surface area contributed by atoms with E-state index in [0.717, 1.165) is 30.1 Å². The van der Waals surface area contributed by atoms with Gasteiger partial charge in [-0.1, -0.05) is 13.0 Å². The van der Waals surface area contributed by atoms with Gasteiger partial charge in [0.05, 0.1) is 0 Å². The molecule has 2 aromatic rings. The zero-order valence-electron chi connectivity index (χ0n) is 9.49. The smallest absolute Gasteiger partial charge is 0.198 e. The van der Waals surface area contributed by atoms with E-state index in [2.05, 4.69) is 29.4 Å². The van der Waals surface area contributed by atoms with Gasteiger partial charge < -0.3 is 9.73 Å². The summed E-state index contributed by atoms with van der Waals surface area (Å²) in [5.41, 5.74) is 3.18. The predicted molar refractivity (Wildman–Crippen MR) is 63.4 cm³/mol. The highest BCUT2D eigenvalue weighted by Gasteiger charge is 2.28. The number of fused-ring (bicyclic) bond motifs is 1. The fourth-order valence-corrected chi connectivity index (χ4v) is 1.88. The summed E-state index contributed by atoms with van der Waals surface area (Å²) in [5.74, 6) is 1.51. The van der Waals surface area contributed by atoms with Crippen molar-refractivity contribution in [2.75, 3.05) is 6.54 Å². The molecule has 1 aromatic carbocycles. The lowest BCUT2D eigenvalue weighted by Crippen LogP contribution is -2.11. The van der Waals surface area contributed by atoms with Crippen molar-refractivity contribution in [1.82, 2.24) is 10.3 Å². The van der Waals surface area contributed by atoms with Crippen molar-refractivity contribution >= 4 is 11.1 Å². The normalized spacial score (nSPS) is 15.8. The maximum atomic E-state index is 5.72. The average Bonchev–Trinajstić information content (AvgIpc) is 3.06. The minimum Gasteiger partial charge on any atom is -0.440 e. The topological polar surface area (TPSA) is 38.1 Å². The molecule has 1 fully saturated rings. The molecule has 0 amide bonds. The third-order valence-electron chi connectivity index (χ3n) is 2.97. The van der Waals surface area contributed by atoms with E-state index in [0.29, 0.717) is 5.92 Å². The standard InChI is InChI=1S/C13H16N2O/c1-2-14-8-9-3-6-12-11(7-9)15-13(16-12)10-4-5-10/h3,6-7,10,14H,2,4-5,8H2,1H3. The maximum Gasteiger partial charge on any atom is 0.198 e. The number of benzene rings is 1. The van der Waals surface area contributed by atoms with Crippen molar-refractivity contribution < 1.29 is 4.42 Å². The lowest BCUT2D eigenvalue weighted by molar-refractivity contribution is 0.533. The molecule has 1 heterocycles. The molecule has 3 nitrogen and oxygen atoms in total. The van der Waals surface area contributed by atoms with E-state index in [4.69, 9.17) is 4.42 Å². The minimum absolute atomic E-state index is 0.588. The highest BCUT2D eigenvalue weighted by molar-refractivity contribution is 5.73. The Labute approximate surface area is 94.9 Å². The van der Waals surface area contributed by atoms with Crippen LogP contribution in [-0.2, 0) is 6.54 Å². The Morgan fingerprint density at radius 1 is 1.44 bits per heavy atom. The molecule has 1 N–H and O–H groups in total. The number of nitrogens with zero attached hydrogens (tertiary/aromatic N) is 1. The van der Waals surface area contributed by atoms with E-state index in [9.17, 15) is 0 Å². The number of oxazole rings is 1. The fourth-order valence-electron chi connectivity index (χ4n) is 1.88. The molecule has 84 valence electrons. The van der Waals surface area contributed by atoms with Gasteiger partial charge in [-0.05, 0) is 37.1 Å². The molecule has 0 atom stereocenters. The fraction of sp³-hybridized carbons (Fsp3) is 0.462. The van der Waals surface area contributed by atoms with E-state index in [1.54, 1.807) is 0 Å². The molecule has 3 heteroatoms. The van der Waals surface area contributed by atoms with Crippen molar-refractivity contribution in [3.05, 3.63) is 29.7 Å². The van der Waals surface area contributed by atoms with E-state index in [1.165, 1.54) is 18.4 Å². The Hall–Kier alpha value is -1.35. The van der Waals surface area contributed by atoms with Gasteiger partial charge in [0.25, 0.3) is 0 Å². The van der Waals surface area contributed by atoms with Crippen LogP contribution < -0.4 is 5.32 Å².